The summed E-state index contributed by atoms with van der Waals surface area (Å²) in [5.41, 5.74) is 0.114. The van der Waals surface area contributed by atoms with Crippen molar-refractivity contribution >= 4 is 6.09 Å². The zero-order valence-electron chi connectivity index (χ0n) is 13.7. The van der Waals surface area contributed by atoms with Crippen LogP contribution in [0.15, 0.2) is 0 Å². The standard InChI is InChI=1S/C16H30N2O2/c1-15(2,3)20-14(19)18-8-6-7-13(18)11-17-10-12-9-16(12,4)5/h12-13,17H,6-11H2,1-5H3. The number of nitrogens with one attached hydrogen (secondary N) is 1. The van der Waals surface area contributed by atoms with Gasteiger partial charge in [-0.2, -0.15) is 0 Å². The molecule has 1 heterocycles. The molecule has 2 atom stereocenters. The van der Waals surface area contributed by atoms with Crippen LogP contribution >= 0.6 is 0 Å². The summed E-state index contributed by atoms with van der Waals surface area (Å²) >= 11 is 0. The van der Waals surface area contributed by atoms with Gasteiger partial charge in [0.25, 0.3) is 0 Å². The fourth-order valence-corrected chi connectivity index (χ4v) is 2.96. The van der Waals surface area contributed by atoms with E-state index in [0.29, 0.717) is 11.5 Å². The van der Waals surface area contributed by atoms with E-state index < -0.39 is 5.60 Å². The first kappa shape index (κ1) is 15.6. The highest BCUT2D eigenvalue weighted by Crippen LogP contribution is 2.50. The van der Waals surface area contributed by atoms with Gasteiger partial charge in [0, 0.05) is 19.1 Å². The molecular formula is C16H30N2O2. The van der Waals surface area contributed by atoms with Crippen LogP contribution in [0.1, 0.15) is 53.9 Å². The number of carbonyl (C=O) groups is 1. The maximum Gasteiger partial charge on any atom is 0.410 e. The lowest BCUT2D eigenvalue weighted by molar-refractivity contribution is 0.0226. The van der Waals surface area contributed by atoms with E-state index in [-0.39, 0.29) is 6.09 Å². The van der Waals surface area contributed by atoms with Gasteiger partial charge in [-0.25, -0.2) is 4.79 Å². The zero-order valence-corrected chi connectivity index (χ0v) is 13.7. The smallest absolute Gasteiger partial charge is 0.410 e. The maximum absolute atomic E-state index is 12.2. The van der Waals surface area contributed by atoms with Gasteiger partial charge in [-0.3, -0.25) is 0 Å². The summed E-state index contributed by atoms with van der Waals surface area (Å²) in [4.78, 5) is 14.1. The van der Waals surface area contributed by atoms with Gasteiger partial charge in [0.05, 0.1) is 0 Å². The van der Waals surface area contributed by atoms with E-state index >= 15 is 0 Å². The lowest BCUT2D eigenvalue weighted by Crippen LogP contribution is -2.44. The monoisotopic (exact) mass is 282 g/mol. The Morgan fingerprint density at radius 2 is 2.00 bits per heavy atom. The van der Waals surface area contributed by atoms with Crippen molar-refractivity contribution in [1.82, 2.24) is 10.2 Å². The molecule has 20 heavy (non-hydrogen) atoms. The maximum atomic E-state index is 12.2. The highest BCUT2D eigenvalue weighted by atomic mass is 16.6. The molecule has 1 saturated heterocycles. The van der Waals surface area contributed by atoms with Crippen molar-refractivity contribution < 1.29 is 9.53 Å². The van der Waals surface area contributed by atoms with Crippen LogP contribution in [-0.2, 0) is 4.74 Å². The molecule has 4 heteroatoms. The first-order valence-corrected chi connectivity index (χ1v) is 7.89. The Hall–Kier alpha value is -0.770. The van der Waals surface area contributed by atoms with Gasteiger partial charge in [-0.15, -0.1) is 0 Å². The van der Waals surface area contributed by atoms with Crippen molar-refractivity contribution in [3.05, 3.63) is 0 Å². The van der Waals surface area contributed by atoms with Crippen LogP contribution in [0.25, 0.3) is 0 Å². The molecule has 0 spiro atoms. The van der Waals surface area contributed by atoms with Crippen LogP contribution in [0.4, 0.5) is 4.79 Å². The van der Waals surface area contributed by atoms with Crippen molar-refractivity contribution in [1.29, 1.82) is 0 Å². The number of hydrogen-bond donors (Lipinski definition) is 1. The molecule has 1 aliphatic carbocycles. The highest BCUT2D eigenvalue weighted by Gasteiger charge is 2.45. The van der Waals surface area contributed by atoms with Crippen molar-refractivity contribution in [2.45, 2.75) is 65.5 Å². The van der Waals surface area contributed by atoms with E-state index in [4.69, 9.17) is 4.74 Å². The Balaban J connectivity index is 1.74. The van der Waals surface area contributed by atoms with E-state index in [1.54, 1.807) is 0 Å². The number of rotatable bonds is 4. The van der Waals surface area contributed by atoms with Crippen LogP contribution in [0.3, 0.4) is 0 Å². The molecule has 2 unspecified atom stereocenters. The van der Waals surface area contributed by atoms with Gasteiger partial charge in [-0.1, -0.05) is 13.8 Å². The first-order valence-electron chi connectivity index (χ1n) is 7.89. The Bertz CT molecular complexity index is 360. The van der Waals surface area contributed by atoms with Gasteiger partial charge in [0.15, 0.2) is 0 Å². The van der Waals surface area contributed by atoms with Crippen LogP contribution in [0.2, 0.25) is 0 Å². The average molecular weight is 282 g/mol. The highest BCUT2D eigenvalue weighted by molar-refractivity contribution is 5.69. The lowest BCUT2D eigenvalue weighted by atomic mass is 10.1. The Labute approximate surface area is 123 Å². The summed E-state index contributed by atoms with van der Waals surface area (Å²) < 4.78 is 5.48. The number of nitrogens with zero attached hydrogens (tertiary/aromatic N) is 1. The van der Waals surface area contributed by atoms with E-state index in [1.807, 2.05) is 25.7 Å². The van der Waals surface area contributed by atoms with Crippen molar-refractivity contribution in [3.63, 3.8) is 0 Å². The average Bonchev–Trinajstić information content (AvgIpc) is 2.73. The van der Waals surface area contributed by atoms with Crippen LogP contribution < -0.4 is 5.32 Å². The molecule has 0 radical (unpaired) electrons. The molecule has 1 amide bonds. The predicted octanol–water partition coefficient (Wildman–Crippen LogP) is 3.02. The largest absolute Gasteiger partial charge is 0.444 e. The molecule has 4 nitrogen and oxygen atoms in total. The third kappa shape index (κ3) is 4.11. The number of hydrogen-bond acceptors (Lipinski definition) is 3. The Morgan fingerprint density at radius 3 is 2.55 bits per heavy atom. The minimum Gasteiger partial charge on any atom is -0.444 e. The van der Waals surface area contributed by atoms with Crippen LogP contribution in [-0.4, -0.2) is 42.3 Å². The van der Waals surface area contributed by atoms with Gasteiger partial charge in [0.1, 0.15) is 5.60 Å². The molecular weight excluding hydrogens is 252 g/mol. The summed E-state index contributed by atoms with van der Waals surface area (Å²) in [5, 5.41) is 3.54. The first-order chi connectivity index (χ1) is 9.19. The Kier molecular flexibility index (Phi) is 4.33. The van der Waals surface area contributed by atoms with Gasteiger partial charge in [0.2, 0.25) is 0 Å². The van der Waals surface area contributed by atoms with Crippen molar-refractivity contribution in [2.24, 2.45) is 11.3 Å². The van der Waals surface area contributed by atoms with E-state index in [0.717, 1.165) is 38.4 Å². The summed E-state index contributed by atoms with van der Waals surface area (Å²) in [6, 6.07) is 0.298. The normalized spacial score (nSPS) is 28.6. The second kappa shape index (κ2) is 5.55. The molecule has 1 aliphatic heterocycles. The van der Waals surface area contributed by atoms with Crippen molar-refractivity contribution in [2.75, 3.05) is 19.6 Å². The topological polar surface area (TPSA) is 41.6 Å². The lowest BCUT2D eigenvalue weighted by Gasteiger charge is -2.28. The summed E-state index contributed by atoms with van der Waals surface area (Å²) in [5.74, 6) is 0.805. The van der Waals surface area contributed by atoms with Gasteiger partial charge >= 0.3 is 6.09 Å². The molecule has 116 valence electrons. The van der Waals surface area contributed by atoms with Crippen LogP contribution in [0, 0.1) is 11.3 Å². The molecule has 2 fully saturated rings. The third-order valence-electron chi connectivity index (χ3n) is 4.49. The van der Waals surface area contributed by atoms with Crippen LogP contribution in [0.5, 0.6) is 0 Å². The predicted molar refractivity (Wildman–Crippen MR) is 80.7 cm³/mol. The molecule has 0 aromatic carbocycles. The molecule has 1 saturated carbocycles. The molecule has 1 N–H and O–H groups in total. The van der Waals surface area contributed by atoms with Gasteiger partial charge in [-0.05, 0) is 57.9 Å². The van der Waals surface area contributed by atoms with E-state index in [9.17, 15) is 4.79 Å². The molecule has 0 bridgehead atoms. The molecule has 0 aromatic rings. The number of amides is 1. The fraction of sp³-hybridized carbons (Fsp3) is 0.938. The van der Waals surface area contributed by atoms with Gasteiger partial charge < -0.3 is 15.0 Å². The number of likely N-dealkylation sites (tertiary alicyclic amines) is 1. The Morgan fingerprint density at radius 1 is 1.35 bits per heavy atom. The molecule has 2 aliphatic rings. The summed E-state index contributed by atoms with van der Waals surface area (Å²) in [6.45, 7) is 13.2. The van der Waals surface area contributed by atoms with E-state index in [2.05, 4.69) is 19.2 Å². The third-order valence-corrected chi connectivity index (χ3v) is 4.49. The zero-order chi connectivity index (χ0) is 15.0. The summed E-state index contributed by atoms with van der Waals surface area (Å²) in [6.07, 6.45) is 3.33. The number of carbonyl (C=O) groups excluding carboxylic acids is 1. The second-order valence-electron chi connectivity index (χ2n) is 8.02. The number of ether oxygens (including phenoxy) is 1. The minimum atomic E-state index is -0.407. The second-order valence-corrected chi connectivity index (χ2v) is 8.02. The SMILES string of the molecule is CC(C)(C)OC(=O)N1CCCC1CNCC1CC1(C)C. The molecule has 0 aromatic heterocycles. The van der Waals surface area contributed by atoms with Crippen molar-refractivity contribution in [3.8, 4) is 0 Å². The quantitative estimate of drug-likeness (QED) is 0.862. The van der Waals surface area contributed by atoms with E-state index in [1.165, 1.54) is 6.42 Å². The summed E-state index contributed by atoms with van der Waals surface area (Å²) in [7, 11) is 0. The minimum absolute atomic E-state index is 0.159. The fourth-order valence-electron chi connectivity index (χ4n) is 2.96. The molecule has 2 rings (SSSR count).